The van der Waals surface area contributed by atoms with Gasteiger partial charge in [0.1, 0.15) is 13.1 Å². The molecule has 1 aromatic rings. The molecule has 30 heavy (non-hydrogen) atoms. The summed E-state index contributed by atoms with van der Waals surface area (Å²) in [5.74, 6) is 0.638. The zero-order valence-electron chi connectivity index (χ0n) is 17.5. The number of carbonyl (C=O) groups excluding carboxylic acids is 2. The van der Waals surface area contributed by atoms with Crippen molar-refractivity contribution in [3.8, 4) is 0 Å². The number of amidine groups is 1. The Hall–Kier alpha value is -2.45. The molecule has 10 heteroatoms. The van der Waals surface area contributed by atoms with Crippen LogP contribution < -0.4 is 0 Å². The summed E-state index contributed by atoms with van der Waals surface area (Å²) in [7, 11) is 3.12. The van der Waals surface area contributed by atoms with Gasteiger partial charge in [0.15, 0.2) is 0 Å². The van der Waals surface area contributed by atoms with Crippen LogP contribution in [0.4, 0.5) is 4.79 Å². The van der Waals surface area contributed by atoms with Crippen molar-refractivity contribution in [3.63, 3.8) is 0 Å². The molecule has 158 valence electrons. The van der Waals surface area contributed by atoms with E-state index in [4.69, 9.17) is 28.3 Å². The van der Waals surface area contributed by atoms with Crippen molar-refractivity contribution in [3.05, 3.63) is 33.8 Å². The topological polar surface area (TPSA) is 71.6 Å². The Bertz CT molecular complexity index is 1060. The zero-order valence-corrected chi connectivity index (χ0v) is 19.0. The second-order valence-corrected chi connectivity index (χ2v) is 9.47. The fourth-order valence-corrected chi connectivity index (χ4v) is 4.11. The molecule has 3 heterocycles. The van der Waals surface area contributed by atoms with Crippen LogP contribution in [0, 0.1) is 5.41 Å². The molecule has 3 aliphatic rings. The standard InChI is InChI=1S/C20H23Cl2N6O2/c1-20(2,3)14-10-27-15-16(25(4)19(30)26(5)17(15)29)23-18(27)28(24-14)9-11-6-7-12(21)8-13(11)22/h6-8,15H,9-10H2,1-5H3/q+1. The molecule has 0 radical (unpaired) electrons. The maximum atomic E-state index is 13.0. The van der Waals surface area contributed by atoms with Gasteiger partial charge in [-0.2, -0.15) is 0 Å². The predicted molar refractivity (Wildman–Crippen MR) is 116 cm³/mol. The molecule has 1 fully saturated rings. The quantitative estimate of drug-likeness (QED) is 0.651. The van der Waals surface area contributed by atoms with Crippen molar-refractivity contribution in [2.75, 3.05) is 20.6 Å². The van der Waals surface area contributed by atoms with E-state index in [0.29, 0.717) is 34.9 Å². The lowest BCUT2D eigenvalue weighted by atomic mass is 9.89. The molecule has 4 rings (SSSR count). The van der Waals surface area contributed by atoms with Crippen LogP contribution in [0.1, 0.15) is 26.3 Å². The van der Waals surface area contributed by atoms with Gasteiger partial charge in [0, 0.05) is 35.1 Å². The molecular weight excluding hydrogens is 427 g/mol. The first-order valence-electron chi connectivity index (χ1n) is 9.56. The molecular formula is C20H23Cl2N6O2+. The van der Waals surface area contributed by atoms with Gasteiger partial charge in [0.25, 0.3) is 5.91 Å². The third kappa shape index (κ3) is 3.28. The average molecular weight is 450 g/mol. The van der Waals surface area contributed by atoms with Crippen LogP contribution in [-0.4, -0.2) is 75.5 Å². The number of rotatable bonds is 2. The number of nitrogens with zero attached hydrogens (tertiary/aromatic N) is 6. The first-order valence-corrected chi connectivity index (χ1v) is 10.3. The summed E-state index contributed by atoms with van der Waals surface area (Å²) in [6, 6.07) is 4.24. The number of hydrazone groups is 1. The van der Waals surface area contributed by atoms with Crippen LogP contribution in [0.5, 0.6) is 0 Å². The summed E-state index contributed by atoms with van der Waals surface area (Å²) in [5.41, 5.74) is 1.51. The van der Waals surface area contributed by atoms with Crippen molar-refractivity contribution in [1.82, 2.24) is 14.8 Å². The highest BCUT2D eigenvalue weighted by Gasteiger charge is 2.54. The molecule has 0 bridgehead atoms. The first-order chi connectivity index (χ1) is 14.0. The minimum Gasteiger partial charge on any atom is -0.270 e. The number of amides is 3. The number of benzene rings is 1. The van der Waals surface area contributed by atoms with Crippen LogP contribution in [-0.2, 0) is 11.3 Å². The number of urea groups is 1. The van der Waals surface area contributed by atoms with E-state index in [-0.39, 0.29) is 11.3 Å². The Balaban J connectivity index is 1.79. The van der Waals surface area contributed by atoms with Gasteiger partial charge in [-0.15, -0.1) is 10.1 Å². The van der Waals surface area contributed by atoms with Crippen molar-refractivity contribution in [2.24, 2.45) is 15.5 Å². The highest BCUT2D eigenvalue weighted by Crippen LogP contribution is 2.29. The Labute approximate surface area is 185 Å². The smallest absolute Gasteiger partial charge is 0.270 e. The highest BCUT2D eigenvalue weighted by atomic mass is 35.5. The number of imide groups is 1. The molecule has 8 nitrogen and oxygen atoms in total. The van der Waals surface area contributed by atoms with Gasteiger partial charge in [-0.3, -0.25) is 14.6 Å². The SMILES string of the molecule is CN1C(=O)C2C(=NC3=[N+]2CC(C(C)(C)C)=NN3Cc2ccc(Cl)cc2Cl)N(C)C1=O. The molecule has 0 aromatic heterocycles. The fraction of sp³-hybridized carbons (Fsp3) is 0.450. The minimum atomic E-state index is -0.663. The van der Waals surface area contributed by atoms with Crippen molar-refractivity contribution >= 4 is 52.6 Å². The van der Waals surface area contributed by atoms with Gasteiger partial charge in [-0.25, -0.2) is 9.37 Å². The molecule has 3 amide bonds. The summed E-state index contributed by atoms with van der Waals surface area (Å²) >= 11 is 12.4. The van der Waals surface area contributed by atoms with E-state index in [1.807, 2.05) is 10.6 Å². The monoisotopic (exact) mass is 449 g/mol. The van der Waals surface area contributed by atoms with Crippen LogP contribution in [0.15, 0.2) is 28.3 Å². The second kappa shape index (κ2) is 7.06. The van der Waals surface area contributed by atoms with Gasteiger partial charge in [0.2, 0.25) is 11.9 Å². The van der Waals surface area contributed by atoms with Gasteiger partial charge in [0.05, 0.1) is 5.71 Å². The van der Waals surface area contributed by atoms with E-state index >= 15 is 0 Å². The Morgan fingerprint density at radius 3 is 2.50 bits per heavy atom. The Morgan fingerprint density at radius 1 is 1.17 bits per heavy atom. The maximum Gasteiger partial charge on any atom is 0.417 e. The first kappa shape index (κ1) is 20.8. The molecule has 0 N–H and O–H groups in total. The number of fused-ring (bicyclic) bond motifs is 2. The van der Waals surface area contributed by atoms with Crippen LogP contribution in [0.2, 0.25) is 10.0 Å². The van der Waals surface area contributed by atoms with Crippen molar-refractivity contribution < 1.29 is 14.2 Å². The predicted octanol–water partition coefficient (Wildman–Crippen LogP) is 2.88. The highest BCUT2D eigenvalue weighted by molar-refractivity contribution is 6.35. The summed E-state index contributed by atoms with van der Waals surface area (Å²) in [6.07, 6.45) is 0. The average Bonchev–Trinajstić information content (AvgIpc) is 3.06. The number of likely N-dealkylation sites (N-methyl/N-ethyl adjacent to an activating group) is 2. The lowest BCUT2D eigenvalue weighted by Crippen LogP contribution is -2.62. The molecule has 0 saturated carbocycles. The number of carbonyl (C=O) groups is 2. The normalized spacial score (nSPS) is 21.7. The lowest BCUT2D eigenvalue weighted by Gasteiger charge is -2.33. The largest absolute Gasteiger partial charge is 0.417 e. The van der Waals surface area contributed by atoms with Crippen LogP contribution in [0.3, 0.4) is 0 Å². The summed E-state index contributed by atoms with van der Waals surface area (Å²) in [4.78, 5) is 32.6. The van der Waals surface area contributed by atoms with E-state index in [1.54, 1.807) is 24.2 Å². The van der Waals surface area contributed by atoms with Gasteiger partial charge < -0.3 is 0 Å². The van der Waals surface area contributed by atoms with Crippen molar-refractivity contribution in [2.45, 2.75) is 33.4 Å². The molecule has 1 atom stereocenters. The maximum absolute atomic E-state index is 13.0. The number of guanidine groups is 1. The number of hydrogen-bond acceptors (Lipinski definition) is 5. The molecule has 1 saturated heterocycles. The summed E-state index contributed by atoms with van der Waals surface area (Å²) in [5, 5.41) is 7.67. The van der Waals surface area contributed by atoms with Crippen molar-refractivity contribution in [1.29, 1.82) is 0 Å². The molecule has 0 aliphatic carbocycles. The number of hydrogen-bond donors (Lipinski definition) is 0. The molecule has 1 unspecified atom stereocenters. The van der Waals surface area contributed by atoms with Crippen LogP contribution >= 0.6 is 23.2 Å². The number of halogens is 2. The van der Waals surface area contributed by atoms with Crippen LogP contribution in [0.25, 0.3) is 0 Å². The van der Waals surface area contributed by atoms with E-state index in [2.05, 4.69) is 25.8 Å². The summed E-state index contributed by atoms with van der Waals surface area (Å²) in [6.45, 7) is 7.03. The third-order valence-electron chi connectivity index (χ3n) is 5.50. The van der Waals surface area contributed by atoms with Gasteiger partial charge >= 0.3 is 12.0 Å². The number of aliphatic imine (C=N–C) groups is 1. The van der Waals surface area contributed by atoms with Gasteiger partial charge in [-0.05, 0) is 12.1 Å². The lowest BCUT2D eigenvalue weighted by molar-refractivity contribution is -0.528. The molecule has 1 aromatic carbocycles. The molecule has 0 spiro atoms. The van der Waals surface area contributed by atoms with E-state index in [0.717, 1.165) is 16.2 Å². The van der Waals surface area contributed by atoms with E-state index in [9.17, 15) is 9.59 Å². The summed E-state index contributed by atoms with van der Waals surface area (Å²) < 4.78 is 1.91. The Kier molecular flexibility index (Phi) is 4.90. The van der Waals surface area contributed by atoms with E-state index in [1.165, 1.54) is 11.9 Å². The fourth-order valence-electron chi connectivity index (χ4n) is 3.64. The van der Waals surface area contributed by atoms with Gasteiger partial charge in [-0.1, -0.05) is 55.0 Å². The molecule has 3 aliphatic heterocycles. The third-order valence-corrected chi connectivity index (χ3v) is 6.09. The minimum absolute atomic E-state index is 0.221. The Morgan fingerprint density at radius 2 is 1.87 bits per heavy atom. The van der Waals surface area contributed by atoms with E-state index < -0.39 is 12.1 Å². The second-order valence-electron chi connectivity index (χ2n) is 8.63. The zero-order chi connectivity index (χ0) is 22.0.